The zero-order valence-electron chi connectivity index (χ0n) is 10.9. The number of nitrogens with zero attached hydrogens (tertiary/aromatic N) is 4. The van der Waals surface area contributed by atoms with Gasteiger partial charge < -0.3 is 5.32 Å². The van der Waals surface area contributed by atoms with Crippen molar-refractivity contribution in [2.75, 3.05) is 6.54 Å². The highest BCUT2D eigenvalue weighted by Gasteiger charge is 2.20. The Hall–Kier alpha value is -0.970. The van der Waals surface area contributed by atoms with Crippen LogP contribution in [0.15, 0.2) is 0 Å². The molecule has 2 rings (SSSR count). The summed E-state index contributed by atoms with van der Waals surface area (Å²) < 4.78 is 1.99. The van der Waals surface area contributed by atoms with Gasteiger partial charge in [0.15, 0.2) is 5.82 Å². The second-order valence-corrected chi connectivity index (χ2v) is 5.05. The van der Waals surface area contributed by atoms with E-state index in [0.29, 0.717) is 0 Å². The lowest BCUT2D eigenvalue weighted by Gasteiger charge is -2.15. The Balaban J connectivity index is 1.95. The van der Waals surface area contributed by atoms with Crippen LogP contribution in [0.25, 0.3) is 0 Å². The molecule has 96 valence electrons. The summed E-state index contributed by atoms with van der Waals surface area (Å²) in [6.45, 7) is 6.30. The third-order valence-electron chi connectivity index (χ3n) is 3.55. The minimum absolute atomic E-state index is 0.242. The lowest BCUT2D eigenvalue weighted by atomic mass is 10.1. The molecule has 5 heteroatoms. The lowest BCUT2D eigenvalue weighted by molar-refractivity contribution is 0.395. The van der Waals surface area contributed by atoms with E-state index in [4.69, 9.17) is 0 Å². The molecule has 0 aliphatic heterocycles. The van der Waals surface area contributed by atoms with E-state index in [2.05, 4.69) is 34.7 Å². The number of rotatable bonds is 6. The molecule has 0 amide bonds. The van der Waals surface area contributed by atoms with Crippen molar-refractivity contribution < 1.29 is 0 Å². The van der Waals surface area contributed by atoms with Crippen LogP contribution in [0.4, 0.5) is 0 Å². The van der Waals surface area contributed by atoms with Crippen molar-refractivity contribution in [3.8, 4) is 0 Å². The van der Waals surface area contributed by atoms with Crippen molar-refractivity contribution in [1.29, 1.82) is 0 Å². The summed E-state index contributed by atoms with van der Waals surface area (Å²) in [5, 5.41) is 15.5. The monoisotopic (exact) mass is 237 g/mol. The van der Waals surface area contributed by atoms with Crippen LogP contribution in [-0.2, 0) is 6.54 Å². The Labute approximate surface area is 103 Å². The van der Waals surface area contributed by atoms with Crippen LogP contribution >= 0.6 is 0 Å². The summed E-state index contributed by atoms with van der Waals surface area (Å²) in [6.07, 6.45) is 6.53. The highest BCUT2D eigenvalue weighted by Crippen LogP contribution is 2.26. The molecule has 0 radical (unpaired) electrons. The molecule has 1 fully saturated rings. The Morgan fingerprint density at radius 2 is 2.18 bits per heavy atom. The number of hydrogen-bond donors (Lipinski definition) is 1. The van der Waals surface area contributed by atoms with E-state index in [0.717, 1.165) is 31.3 Å². The van der Waals surface area contributed by atoms with Crippen LogP contribution in [-0.4, -0.2) is 26.8 Å². The molecule has 1 saturated carbocycles. The first kappa shape index (κ1) is 12.5. The number of aromatic nitrogens is 4. The molecular formula is C12H23N5. The zero-order chi connectivity index (χ0) is 12.1. The molecule has 1 atom stereocenters. The fourth-order valence-corrected chi connectivity index (χ4v) is 2.54. The van der Waals surface area contributed by atoms with Gasteiger partial charge in [-0.1, -0.05) is 19.8 Å². The Morgan fingerprint density at radius 3 is 2.88 bits per heavy atom. The fraction of sp³-hybridized carbons (Fsp3) is 0.917. The first-order chi connectivity index (χ1) is 8.31. The van der Waals surface area contributed by atoms with E-state index in [9.17, 15) is 0 Å². The maximum atomic E-state index is 4.15. The van der Waals surface area contributed by atoms with Gasteiger partial charge in [0.2, 0.25) is 0 Å². The molecule has 0 bridgehead atoms. The van der Waals surface area contributed by atoms with E-state index in [1.54, 1.807) is 0 Å². The minimum Gasteiger partial charge on any atom is -0.307 e. The smallest absolute Gasteiger partial charge is 0.167 e. The first-order valence-electron chi connectivity index (χ1n) is 6.80. The molecule has 5 nitrogen and oxygen atoms in total. The van der Waals surface area contributed by atoms with Crippen LogP contribution in [0.5, 0.6) is 0 Å². The molecule has 1 aromatic heterocycles. The van der Waals surface area contributed by atoms with Crippen molar-refractivity contribution >= 4 is 0 Å². The Kier molecular flexibility index (Phi) is 4.48. The highest BCUT2D eigenvalue weighted by molar-refractivity contribution is 4.90. The second-order valence-electron chi connectivity index (χ2n) is 5.05. The maximum Gasteiger partial charge on any atom is 0.167 e. The van der Waals surface area contributed by atoms with Gasteiger partial charge in [0.25, 0.3) is 0 Å². The average molecular weight is 237 g/mol. The highest BCUT2D eigenvalue weighted by atomic mass is 15.5. The molecule has 17 heavy (non-hydrogen) atoms. The molecule has 0 aromatic carbocycles. The van der Waals surface area contributed by atoms with Gasteiger partial charge in [-0.15, -0.1) is 5.10 Å². The van der Waals surface area contributed by atoms with Gasteiger partial charge in [0, 0.05) is 6.54 Å². The SMILES string of the molecule is CCCNC(C)c1nnnn1CC1CCCC1. The average Bonchev–Trinajstić information content (AvgIpc) is 2.97. The summed E-state index contributed by atoms with van der Waals surface area (Å²) in [5.74, 6) is 1.75. The largest absolute Gasteiger partial charge is 0.307 e. The molecule has 0 spiro atoms. The predicted molar refractivity (Wildman–Crippen MR) is 66.5 cm³/mol. The molecule has 1 aromatic rings. The summed E-state index contributed by atoms with van der Waals surface area (Å²) in [7, 11) is 0. The summed E-state index contributed by atoms with van der Waals surface area (Å²) in [4.78, 5) is 0. The summed E-state index contributed by atoms with van der Waals surface area (Å²) >= 11 is 0. The van der Waals surface area contributed by atoms with Crippen molar-refractivity contribution in [2.45, 2.75) is 58.5 Å². The third kappa shape index (κ3) is 3.25. The normalized spacial score (nSPS) is 18.7. The zero-order valence-corrected chi connectivity index (χ0v) is 10.9. The Bertz CT molecular complexity index is 329. The van der Waals surface area contributed by atoms with E-state index in [-0.39, 0.29) is 6.04 Å². The van der Waals surface area contributed by atoms with E-state index >= 15 is 0 Å². The molecule has 1 unspecified atom stereocenters. The van der Waals surface area contributed by atoms with Crippen LogP contribution in [0.1, 0.15) is 57.8 Å². The van der Waals surface area contributed by atoms with Crippen LogP contribution in [0.2, 0.25) is 0 Å². The third-order valence-corrected chi connectivity index (χ3v) is 3.55. The van der Waals surface area contributed by atoms with Crippen LogP contribution in [0.3, 0.4) is 0 Å². The van der Waals surface area contributed by atoms with Crippen molar-refractivity contribution in [3.05, 3.63) is 5.82 Å². The molecular weight excluding hydrogens is 214 g/mol. The van der Waals surface area contributed by atoms with Crippen molar-refractivity contribution in [3.63, 3.8) is 0 Å². The molecule has 1 N–H and O–H groups in total. The van der Waals surface area contributed by atoms with Gasteiger partial charge in [-0.3, -0.25) is 0 Å². The summed E-state index contributed by atoms with van der Waals surface area (Å²) in [6, 6.07) is 0.242. The fourth-order valence-electron chi connectivity index (χ4n) is 2.54. The van der Waals surface area contributed by atoms with Crippen molar-refractivity contribution in [1.82, 2.24) is 25.5 Å². The number of hydrogen-bond acceptors (Lipinski definition) is 4. The molecule has 1 aliphatic carbocycles. The topological polar surface area (TPSA) is 55.6 Å². The van der Waals surface area contributed by atoms with Gasteiger partial charge in [-0.2, -0.15) is 0 Å². The van der Waals surface area contributed by atoms with E-state index in [1.807, 2.05) is 4.68 Å². The number of nitrogens with one attached hydrogen (secondary N) is 1. The quantitative estimate of drug-likeness (QED) is 0.821. The van der Waals surface area contributed by atoms with Crippen molar-refractivity contribution in [2.24, 2.45) is 5.92 Å². The van der Waals surface area contributed by atoms with E-state index < -0.39 is 0 Å². The van der Waals surface area contributed by atoms with E-state index in [1.165, 1.54) is 25.7 Å². The van der Waals surface area contributed by atoms with Gasteiger partial charge >= 0.3 is 0 Å². The predicted octanol–water partition coefficient (Wildman–Crippen LogP) is 1.92. The van der Waals surface area contributed by atoms with Gasteiger partial charge in [0.05, 0.1) is 6.04 Å². The second kappa shape index (κ2) is 6.10. The van der Waals surface area contributed by atoms with Crippen LogP contribution < -0.4 is 5.32 Å². The Morgan fingerprint density at radius 1 is 1.41 bits per heavy atom. The molecule has 1 aliphatic rings. The summed E-state index contributed by atoms with van der Waals surface area (Å²) in [5.41, 5.74) is 0. The van der Waals surface area contributed by atoms with Gasteiger partial charge in [-0.05, 0) is 49.1 Å². The minimum atomic E-state index is 0.242. The van der Waals surface area contributed by atoms with Crippen LogP contribution in [0, 0.1) is 5.92 Å². The van der Waals surface area contributed by atoms with Gasteiger partial charge in [-0.25, -0.2) is 4.68 Å². The lowest BCUT2D eigenvalue weighted by Crippen LogP contribution is -2.24. The molecule has 0 saturated heterocycles. The molecule has 1 heterocycles. The number of tetrazole rings is 1. The standard InChI is InChI=1S/C12H23N5/c1-3-8-13-10(2)12-14-15-16-17(12)9-11-6-4-5-7-11/h10-11,13H,3-9H2,1-2H3. The van der Waals surface area contributed by atoms with Gasteiger partial charge in [0.1, 0.15) is 0 Å². The first-order valence-corrected chi connectivity index (χ1v) is 6.80. The maximum absolute atomic E-state index is 4.15.